The molecule has 0 aliphatic rings. The summed E-state index contributed by atoms with van der Waals surface area (Å²) in [6.07, 6.45) is 0. The van der Waals surface area contributed by atoms with Gasteiger partial charge in [-0.2, -0.15) is 0 Å². The molecule has 0 saturated carbocycles. The molecule has 0 saturated heterocycles. The molecule has 0 aliphatic heterocycles. The van der Waals surface area contributed by atoms with Gasteiger partial charge in [-0.3, -0.25) is 4.79 Å². The zero-order chi connectivity index (χ0) is 18.4. The summed E-state index contributed by atoms with van der Waals surface area (Å²) in [4.78, 5) is 12.2. The van der Waals surface area contributed by atoms with Crippen LogP contribution >= 0.6 is 11.6 Å². The third-order valence-corrected chi connectivity index (χ3v) is 3.88. The first kappa shape index (κ1) is 17.7. The molecule has 0 spiro atoms. The zero-order valence-corrected chi connectivity index (χ0v) is 14.8. The number of nitrogens with one attached hydrogen (secondary N) is 2. The lowest BCUT2D eigenvalue weighted by Gasteiger charge is -2.07. The smallest absolute Gasteiger partial charge is 0.276 e. The molecular weight excluding hydrogens is 352 g/mol. The highest BCUT2D eigenvalue weighted by atomic mass is 35.5. The largest absolute Gasteiger partial charge is 0.497 e. The van der Waals surface area contributed by atoms with Crippen molar-refractivity contribution in [2.45, 2.75) is 6.54 Å². The van der Waals surface area contributed by atoms with Gasteiger partial charge in [-0.05, 0) is 54.1 Å². The maximum Gasteiger partial charge on any atom is 0.276 e. The quantitative estimate of drug-likeness (QED) is 0.687. The van der Waals surface area contributed by atoms with Crippen LogP contribution in [0.2, 0.25) is 5.02 Å². The SMILES string of the molecule is COc1ccc(NC(=O)c2ccc(NCc3ccc(Cl)cc3)nn2)cc1. The number of aromatic nitrogens is 2. The van der Waals surface area contributed by atoms with E-state index in [1.807, 2.05) is 24.3 Å². The molecule has 0 bridgehead atoms. The third kappa shape index (κ3) is 4.70. The van der Waals surface area contributed by atoms with Crippen LogP contribution in [-0.2, 0) is 6.54 Å². The fourth-order valence-electron chi connectivity index (χ4n) is 2.21. The van der Waals surface area contributed by atoms with Crippen molar-refractivity contribution in [2.75, 3.05) is 17.7 Å². The monoisotopic (exact) mass is 368 g/mol. The van der Waals surface area contributed by atoms with Crippen LogP contribution in [0.25, 0.3) is 0 Å². The summed E-state index contributed by atoms with van der Waals surface area (Å²) in [5.41, 5.74) is 1.96. The highest BCUT2D eigenvalue weighted by molar-refractivity contribution is 6.30. The van der Waals surface area contributed by atoms with Crippen LogP contribution in [0.5, 0.6) is 5.75 Å². The Hall–Kier alpha value is -3.12. The number of ether oxygens (including phenoxy) is 1. The maximum atomic E-state index is 12.2. The summed E-state index contributed by atoms with van der Waals surface area (Å²) >= 11 is 5.86. The number of amides is 1. The Morgan fingerprint density at radius 1 is 1.00 bits per heavy atom. The summed E-state index contributed by atoms with van der Waals surface area (Å²) in [6, 6.07) is 17.9. The average Bonchev–Trinajstić information content (AvgIpc) is 2.68. The van der Waals surface area contributed by atoms with Crippen molar-refractivity contribution in [3.63, 3.8) is 0 Å². The van der Waals surface area contributed by atoms with E-state index in [1.165, 1.54) is 0 Å². The number of anilines is 2. The fourth-order valence-corrected chi connectivity index (χ4v) is 2.34. The Morgan fingerprint density at radius 3 is 2.35 bits per heavy atom. The van der Waals surface area contributed by atoms with E-state index in [0.29, 0.717) is 23.1 Å². The van der Waals surface area contributed by atoms with E-state index >= 15 is 0 Å². The topological polar surface area (TPSA) is 76.1 Å². The standard InChI is InChI=1S/C19H17ClN4O2/c1-26-16-8-6-15(7-9-16)22-19(25)17-10-11-18(24-23-17)21-12-13-2-4-14(20)5-3-13/h2-11H,12H2,1H3,(H,21,24)(H,22,25). The highest BCUT2D eigenvalue weighted by Crippen LogP contribution is 2.16. The lowest BCUT2D eigenvalue weighted by molar-refractivity contribution is 0.102. The van der Waals surface area contributed by atoms with E-state index < -0.39 is 0 Å². The van der Waals surface area contributed by atoms with Crippen LogP contribution in [0.3, 0.4) is 0 Å². The van der Waals surface area contributed by atoms with Crippen LogP contribution in [0.15, 0.2) is 60.7 Å². The molecule has 3 rings (SSSR count). The fraction of sp³-hybridized carbons (Fsp3) is 0.105. The van der Waals surface area contributed by atoms with Crippen molar-refractivity contribution in [3.8, 4) is 5.75 Å². The van der Waals surface area contributed by atoms with Gasteiger partial charge in [0.15, 0.2) is 5.69 Å². The minimum Gasteiger partial charge on any atom is -0.497 e. The van der Waals surface area contributed by atoms with E-state index in [4.69, 9.17) is 16.3 Å². The highest BCUT2D eigenvalue weighted by Gasteiger charge is 2.09. The first-order valence-electron chi connectivity index (χ1n) is 7.91. The van der Waals surface area contributed by atoms with E-state index in [0.717, 1.165) is 11.3 Å². The number of carbonyl (C=O) groups is 1. The molecule has 0 fully saturated rings. The molecule has 2 N–H and O–H groups in total. The number of hydrogen-bond donors (Lipinski definition) is 2. The molecule has 1 heterocycles. The summed E-state index contributed by atoms with van der Waals surface area (Å²) < 4.78 is 5.08. The van der Waals surface area contributed by atoms with Gasteiger partial charge in [0.2, 0.25) is 0 Å². The summed E-state index contributed by atoms with van der Waals surface area (Å²) in [7, 11) is 1.59. The summed E-state index contributed by atoms with van der Waals surface area (Å²) in [6.45, 7) is 0.587. The molecule has 3 aromatic rings. The molecular formula is C19H17ClN4O2. The Morgan fingerprint density at radius 2 is 1.73 bits per heavy atom. The molecule has 0 aliphatic carbocycles. The number of methoxy groups -OCH3 is 1. The van der Waals surface area contributed by atoms with Gasteiger partial charge in [-0.25, -0.2) is 0 Å². The number of nitrogens with zero attached hydrogens (tertiary/aromatic N) is 2. The Balaban J connectivity index is 1.57. The second kappa shape index (κ2) is 8.31. The first-order valence-corrected chi connectivity index (χ1v) is 8.29. The Kier molecular flexibility index (Phi) is 5.66. The van der Waals surface area contributed by atoms with Crippen molar-refractivity contribution in [2.24, 2.45) is 0 Å². The molecule has 0 unspecified atom stereocenters. The number of benzene rings is 2. The van der Waals surface area contributed by atoms with Crippen molar-refractivity contribution in [1.82, 2.24) is 10.2 Å². The van der Waals surface area contributed by atoms with E-state index in [2.05, 4.69) is 20.8 Å². The molecule has 0 atom stereocenters. The lowest BCUT2D eigenvalue weighted by atomic mass is 10.2. The summed E-state index contributed by atoms with van der Waals surface area (Å²) in [5, 5.41) is 14.6. The molecule has 26 heavy (non-hydrogen) atoms. The van der Waals surface area contributed by atoms with E-state index in [-0.39, 0.29) is 11.6 Å². The van der Waals surface area contributed by atoms with Gasteiger partial charge in [0.25, 0.3) is 5.91 Å². The second-order valence-electron chi connectivity index (χ2n) is 5.47. The van der Waals surface area contributed by atoms with E-state index in [1.54, 1.807) is 43.5 Å². The van der Waals surface area contributed by atoms with Gasteiger partial charge in [0.05, 0.1) is 7.11 Å². The molecule has 7 heteroatoms. The molecule has 1 amide bonds. The van der Waals surface area contributed by atoms with Gasteiger partial charge in [-0.1, -0.05) is 23.7 Å². The van der Waals surface area contributed by atoms with Gasteiger partial charge in [-0.15, -0.1) is 10.2 Å². The zero-order valence-electron chi connectivity index (χ0n) is 14.1. The first-order chi connectivity index (χ1) is 12.6. The number of halogens is 1. The number of hydrogen-bond acceptors (Lipinski definition) is 5. The molecule has 6 nitrogen and oxygen atoms in total. The maximum absolute atomic E-state index is 12.2. The van der Waals surface area contributed by atoms with Crippen molar-refractivity contribution in [3.05, 3.63) is 76.9 Å². The van der Waals surface area contributed by atoms with Crippen LogP contribution < -0.4 is 15.4 Å². The van der Waals surface area contributed by atoms with Gasteiger partial charge in [0, 0.05) is 17.3 Å². The lowest BCUT2D eigenvalue weighted by Crippen LogP contribution is -2.14. The van der Waals surface area contributed by atoms with Crippen molar-refractivity contribution >= 4 is 29.0 Å². The van der Waals surface area contributed by atoms with Gasteiger partial charge in [0.1, 0.15) is 11.6 Å². The van der Waals surface area contributed by atoms with Gasteiger partial charge >= 0.3 is 0 Å². The third-order valence-electron chi connectivity index (χ3n) is 3.63. The van der Waals surface area contributed by atoms with Crippen LogP contribution in [0.1, 0.15) is 16.1 Å². The summed E-state index contributed by atoms with van der Waals surface area (Å²) in [5.74, 6) is 0.978. The molecule has 1 aromatic heterocycles. The van der Waals surface area contributed by atoms with Gasteiger partial charge < -0.3 is 15.4 Å². The van der Waals surface area contributed by atoms with E-state index in [9.17, 15) is 4.79 Å². The minimum atomic E-state index is -0.327. The number of carbonyl (C=O) groups excluding carboxylic acids is 1. The normalized spacial score (nSPS) is 10.2. The Labute approximate surface area is 156 Å². The van der Waals surface area contributed by atoms with Crippen LogP contribution in [0, 0.1) is 0 Å². The molecule has 132 valence electrons. The van der Waals surface area contributed by atoms with Crippen molar-refractivity contribution < 1.29 is 9.53 Å². The molecule has 0 radical (unpaired) electrons. The predicted octanol–water partition coefficient (Wildman–Crippen LogP) is 4.00. The number of rotatable bonds is 6. The second-order valence-corrected chi connectivity index (χ2v) is 5.90. The Bertz CT molecular complexity index is 866. The predicted molar refractivity (Wildman–Crippen MR) is 102 cm³/mol. The minimum absolute atomic E-state index is 0.234. The molecule has 2 aromatic carbocycles. The van der Waals surface area contributed by atoms with Crippen molar-refractivity contribution in [1.29, 1.82) is 0 Å². The van der Waals surface area contributed by atoms with Crippen LogP contribution in [0.4, 0.5) is 11.5 Å². The average molecular weight is 369 g/mol. The van der Waals surface area contributed by atoms with Crippen LogP contribution in [-0.4, -0.2) is 23.2 Å².